The molecule has 0 bridgehead atoms. The minimum atomic E-state index is -0.350. The first-order valence-electron chi connectivity index (χ1n) is 2.71. The van der Waals surface area contributed by atoms with Crippen LogP contribution in [0.3, 0.4) is 0 Å². The minimum Gasteiger partial charge on any atom is -0.241 e. The van der Waals surface area contributed by atoms with Crippen LogP contribution < -0.4 is 0 Å². The summed E-state index contributed by atoms with van der Waals surface area (Å²) in [5, 5.41) is 6.47. The van der Waals surface area contributed by atoms with Crippen LogP contribution in [0.4, 0.5) is 10.1 Å². The van der Waals surface area contributed by atoms with Crippen molar-refractivity contribution in [2.45, 2.75) is 0 Å². The highest BCUT2D eigenvalue weighted by molar-refractivity contribution is 5.49. The molecule has 0 aliphatic rings. The van der Waals surface area contributed by atoms with Gasteiger partial charge in [-0.05, 0) is 12.1 Å². The van der Waals surface area contributed by atoms with Crippen molar-refractivity contribution >= 4 is 11.7 Å². The van der Waals surface area contributed by atoms with E-state index in [9.17, 15) is 4.39 Å². The Bertz CT molecular complexity index is 277. The molecule has 1 N–H and O–H groups in total. The average molecular weight is 136 g/mol. The largest absolute Gasteiger partial charge is 0.241 e. The van der Waals surface area contributed by atoms with Gasteiger partial charge in [0.05, 0.1) is 11.7 Å². The number of benzene rings is 1. The van der Waals surface area contributed by atoms with E-state index in [1.165, 1.54) is 18.2 Å². The fourth-order valence-corrected chi connectivity index (χ4v) is 0.610. The number of nitrogens with zero attached hydrogens (tertiary/aromatic N) is 1. The summed E-state index contributed by atoms with van der Waals surface area (Å²) in [4.78, 5) is 3.44. The Labute approximate surface area is 57.5 Å². The maximum Gasteiger partial charge on any atom is 0.125 e. The fourth-order valence-electron chi connectivity index (χ4n) is 0.610. The Morgan fingerprint density at radius 3 is 2.90 bits per heavy atom. The zero-order valence-electron chi connectivity index (χ0n) is 5.13. The normalized spacial score (nSPS) is 8.50. The van der Waals surface area contributed by atoms with Gasteiger partial charge in [0.25, 0.3) is 0 Å². The van der Waals surface area contributed by atoms with Crippen molar-refractivity contribution in [3.63, 3.8) is 0 Å². The Morgan fingerprint density at radius 2 is 2.30 bits per heavy atom. The van der Waals surface area contributed by atoms with Gasteiger partial charge in [-0.25, -0.2) is 9.80 Å². The van der Waals surface area contributed by atoms with Crippen molar-refractivity contribution in [3.05, 3.63) is 30.1 Å². The van der Waals surface area contributed by atoms with Gasteiger partial charge in [-0.15, -0.1) is 0 Å². The lowest BCUT2D eigenvalue weighted by molar-refractivity contribution is 0.628. The number of halogens is 1. The summed E-state index contributed by atoms with van der Waals surface area (Å²) in [7, 11) is 0. The Hall–Kier alpha value is -1.47. The SMILES string of the molecule is N=C=Nc1cccc(F)c1. The molecule has 0 radical (unpaired) electrons. The molecular formula is C7H5FN2. The molecule has 1 aromatic rings. The molecule has 0 aliphatic heterocycles. The van der Waals surface area contributed by atoms with Crippen LogP contribution in [0.15, 0.2) is 29.3 Å². The number of aliphatic imine (C=N–C) groups is 1. The van der Waals surface area contributed by atoms with E-state index in [1.54, 1.807) is 6.07 Å². The van der Waals surface area contributed by atoms with Gasteiger partial charge in [-0.1, -0.05) is 6.07 Å². The van der Waals surface area contributed by atoms with E-state index in [0.29, 0.717) is 5.69 Å². The topological polar surface area (TPSA) is 36.2 Å². The van der Waals surface area contributed by atoms with Crippen molar-refractivity contribution in [3.8, 4) is 0 Å². The second-order valence-electron chi connectivity index (χ2n) is 1.70. The fraction of sp³-hybridized carbons (Fsp3) is 0. The summed E-state index contributed by atoms with van der Waals surface area (Å²) in [5.74, 6) is -0.350. The van der Waals surface area contributed by atoms with Crippen molar-refractivity contribution in [1.29, 1.82) is 5.41 Å². The molecule has 0 unspecified atom stereocenters. The predicted molar refractivity (Wildman–Crippen MR) is 36.2 cm³/mol. The van der Waals surface area contributed by atoms with Crippen molar-refractivity contribution in [1.82, 2.24) is 0 Å². The first-order chi connectivity index (χ1) is 4.83. The van der Waals surface area contributed by atoms with Crippen molar-refractivity contribution in [2.75, 3.05) is 0 Å². The summed E-state index contributed by atoms with van der Waals surface area (Å²) < 4.78 is 12.3. The lowest BCUT2D eigenvalue weighted by Gasteiger charge is -1.87. The molecule has 0 atom stereocenters. The number of hydrogen-bond acceptors (Lipinski definition) is 2. The third-order valence-corrected chi connectivity index (χ3v) is 0.993. The Balaban J connectivity index is 3.06. The van der Waals surface area contributed by atoms with E-state index in [4.69, 9.17) is 5.41 Å². The smallest absolute Gasteiger partial charge is 0.125 e. The summed E-state index contributed by atoms with van der Waals surface area (Å²) in [6, 6.07) is 7.51. The quantitative estimate of drug-likeness (QED) is 0.574. The van der Waals surface area contributed by atoms with E-state index in [0.717, 1.165) is 0 Å². The minimum absolute atomic E-state index is 0.350. The van der Waals surface area contributed by atoms with Gasteiger partial charge < -0.3 is 0 Å². The molecule has 1 rings (SSSR count). The first kappa shape index (κ1) is 6.65. The zero-order chi connectivity index (χ0) is 7.40. The Kier molecular flexibility index (Phi) is 1.92. The van der Waals surface area contributed by atoms with Crippen LogP contribution in [0, 0.1) is 11.2 Å². The molecule has 0 spiro atoms. The van der Waals surface area contributed by atoms with Crippen LogP contribution in [0.5, 0.6) is 0 Å². The first-order valence-corrected chi connectivity index (χ1v) is 2.71. The molecule has 0 amide bonds. The molecular weight excluding hydrogens is 131 g/mol. The van der Waals surface area contributed by atoms with Crippen LogP contribution in [-0.2, 0) is 0 Å². The lowest BCUT2D eigenvalue weighted by atomic mass is 10.3. The van der Waals surface area contributed by atoms with E-state index < -0.39 is 0 Å². The third-order valence-electron chi connectivity index (χ3n) is 0.993. The highest BCUT2D eigenvalue weighted by Crippen LogP contribution is 2.11. The molecule has 0 heterocycles. The van der Waals surface area contributed by atoms with Gasteiger partial charge in [0.1, 0.15) is 5.82 Å². The molecule has 0 aliphatic carbocycles. The second-order valence-corrected chi connectivity index (χ2v) is 1.70. The maximum absolute atomic E-state index is 12.3. The lowest BCUT2D eigenvalue weighted by Crippen LogP contribution is -1.69. The van der Waals surface area contributed by atoms with Crippen LogP contribution in [0.25, 0.3) is 0 Å². The van der Waals surface area contributed by atoms with Crippen LogP contribution in [-0.4, -0.2) is 6.01 Å². The van der Waals surface area contributed by atoms with E-state index in [2.05, 4.69) is 4.99 Å². The average Bonchev–Trinajstić information content (AvgIpc) is 1.88. The second kappa shape index (κ2) is 2.90. The maximum atomic E-state index is 12.3. The van der Waals surface area contributed by atoms with Gasteiger partial charge in [-0.2, -0.15) is 4.99 Å². The molecule has 10 heavy (non-hydrogen) atoms. The highest BCUT2D eigenvalue weighted by Gasteiger charge is 1.89. The third kappa shape index (κ3) is 1.50. The Morgan fingerprint density at radius 1 is 1.50 bits per heavy atom. The van der Waals surface area contributed by atoms with E-state index in [-0.39, 0.29) is 5.82 Å². The molecule has 0 saturated heterocycles. The summed E-state index contributed by atoms with van der Waals surface area (Å²) in [6.07, 6.45) is 0. The van der Waals surface area contributed by atoms with Gasteiger partial charge in [0, 0.05) is 6.07 Å². The van der Waals surface area contributed by atoms with Gasteiger partial charge >= 0.3 is 0 Å². The van der Waals surface area contributed by atoms with Crippen LogP contribution in [0.1, 0.15) is 0 Å². The highest BCUT2D eigenvalue weighted by atomic mass is 19.1. The van der Waals surface area contributed by atoms with Crippen molar-refractivity contribution < 1.29 is 4.39 Å². The molecule has 1 aromatic carbocycles. The molecule has 0 fully saturated rings. The van der Waals surface area contributed by atoms with Gasteiger partial charge in [-0.3, -0.25) is 0 Å². The molecule has 0 saturated carbocycles. The zero-order valence-corrected chi connectivity index (χ0v) is 5.13. The molecule has 0 aromatic heterocycles. The monoisotopic (exact) mass is 136 g/mol. The predicted octanol–water partition coefficient (Wildman–Crippen LogP) is 2.21. The van der Waals surface area contributed by atoms with E-state index >= 15 is 0 Å². The number of rotatable bonds is 1. The van der Waals surface area contributed by atoms with Crippen LogP contribution in [0.2, 0.25) is 0 Å². The van der Waals surface area contributed by atoms with Crippen molar-refractivity contribution in [2.24, 2.45) is 4.99 Å². The van der Waals surface area contributed by atoms with Crippen LogP contribution >= 0.6 is 0 Å². The van der Waals surface area contributed by atoms with Gasteiger partial charge in [0.15, 0.2) is 0 Å². The number of nitrogens with one attached hydrogen (secondary N) is 1. The molecule has 50 valence electrons. The van der Waals surface area contributed by atoms with E-state index in [1.807, 2.05) is 6.01 Å². The molecule has 2 nitrogen and oxygen atoms in total. The standard InChI is InChI=1S/C7H5FN2/c8-6-2-1-3-7(4-6)10-5-9/h1-4,9H. The summed E-state index contributed by atoms with van der Waals surface area (Å²) in [6.45, 7) is 0. The van der Waals surface area contributed by atoms with Gasteiger partial charge in [0.2, 0.25) is 0 Å². The molecule has 3 heteroatoms. The summed E-state index contributed by atoms with van der Waals surface area (Å²) in [5.41, 5.74) is 0.412. The number of hydrogen-bond donors (Lipinski definition) is 1. The summed E-state index contributed by atoms with van der Waals surface area (Å²) >= 11 is 0.